The molecule has 1 aliphatic heterocycles. The van der Waals surface area contributed by atoms with Gasteiger partial charge in [-0.15, -0.1) is 24.0 Å². The molecule has 134 valence electrons. The van der Waals surface area contributed by atoms with E-state index in [2.05, 4.69) is 27.4 Å². The Balaban J connectivity index is 0.00000288. The molecular weight excluding hydrogens is 415 g/mol. The van der Waals surface area contributed by atoms with E-state index >= 15 is 0 Å². The monoisotopic (exact) mass is 444 g/mol. The van der Waals surface area contributed by atoms with Crippen molar-refractivity contribution in [1.82, 2.24) is 15.5 Å². The Morgan fingerprint density at radius 3 is 2.38 bits per heavy atom. The number of nitrogens with one attached hydrogen (secondary N) is 2. The Bertz CT molecular complexity index is 536. The molecule has 0 bridgehead atoms. The first-order valence-electron chi connectivity index (χ1n) is 8.46. The van der Waals surface area contributed by atoms with Gasteiger partial charge < -0.3 is 15.5 Å². The van der Waals surface area contributed by atoms with Gasteiger partial charge in [0.1, 0.15) is 0 Å². The van der Waals surface area contributed by atoms with Crippen LogP contribution in [0.1, 0.15) is 42.6 Å². The van der Waals surface area contributed by atoms with E-state index in [1.807, 2.05) is 38.2 Å². The number of likely N-dealkylation sites (tertiary alicyclic amines) is 1. The molecular formula is C18H29IN4O. The van der Waals surface area contributed by atoms with Gasteiger partial charge in [0.25, 0.3) is 5.91 Å². The fraction of sp³-hybridized carbons (Fsp3) is 0.556. The normalized spacial score (nSPS) is 15.6. The molecule has 0 radical (unpaired) electrons. The molecule has 0 atom stereocenters. The zero-order valence-electron chi connectivity index (χ0n) is 14.8. The number of guanidine groups is 1. The molecule has 1 saturated heterocycles. The fourth-order valence-electron chi connectivity index (χ4n) is 2.77. The highest BCUT2D eigenvalue weighted by Crippen LogP contribution is 2.16. The number of carbonyl (C=O) groups excluding carboxylic acids is 1. The van der Waals surface area contributed by atoms with Gasteiger partial charge >= 0.3 is 0 Å². The fourth-order valence-corrected chi connectivity index (χ4v) is 2.77. The molecule has 2 N–H and O–H groups in total. The summed E-state index contributed by atoms with van der Waals surface area (Å²) >= 11 is 0. The number of hydrogen-bond donors (Lipinski definition) is 2. The van der Waals surface area contributed by atoms with Crippen molar-refractivity contribution in [3.05, 3.63) is 35.4 Å². The number of nitrogens with zero attached hydrogens (tertiary/aromatic N) is 2. The van der Waals surface area contributed by atoms with E-state index in [1.165, 1.54) is 12.8 Å². The Hall–Kier alpha value is -1.31. The lowest BCUT2D eigenvalue weighted by Gasteiger charge is -2.32. The maximum atomic E-state index is 11.7. The van der Waals surface area contributed by atoms with E-state index < -0.39 is 0 Å². The Morgan fingerprint density at radius 2 is 1.83 bits per heavy atom. The summed E-state index contributed by atoms with van der Waals surface area (Å²) in [7, 11) is 1.83. The van der Waals surface area contributed by atoms with Crippen LogP contribution in [-0.4, -0.2) is 43.4 Å². The number of amides is 1. The third-order valence-electron chi connectivity index (χ3n) is 4.30. The maximum absolute atomic E-state index is 11.7. The minimum absolute atomic E-state index is 0. The molecule has 0 unspecified atom stereocenters. The smallest absolute Gasteiger partial charge is 0.251 e. The largest absolute Gasteiger partial charge is 0.352 e. The zero-order valence-corrected chi connectivity index (χ0v) is 17.2. The molecule has 1 aliphatic rings. The van der Waals surface area contributed by atoms with Gasteiger partial charge in [-0.25, -0.2) is 0 Å². The summed E-state index contributed by atoms with van der Waals surface area (Å²) in [6, 6.07) is 7.72. The first-order valence-corrected chi connectivity index (χ1v) is 8.46. The van der Waals surface area contributed by atoms with Gasteiger partial charge in [0, 0.05) is 38.8 Å². The van der Waals surface area contributed by atoms with Crippen molar-refractivity contribution >= 4 is 35.8 Å². The van der Waals surface area contributed by atoms with Crippen LogP contribution in [0.2, 0.25) is 0 Å². The van der Waals surface area contributed by atoms with Crippen LogP contribution in [0, 0.1) is 5.92 Å². The Morgan fingerprint density at radius 1 is 1.21 bits per heavy atom. The van der Waals surface area contributed by atoms with E-state index in [-0.39, 0.29) is 29.9 Å². The van der Waals surface area contributed by atoms with Gasteiger partial charge in [0.15, 0.2) is 5.96 Å². The standard InChI is InChI=1S/C18H28N4O.HI/c1-4-20-17(23)16-7-5-15(6-8-16)13-21-18(19-3)22-11-9-14(2)10-12-22;/h5-8,14H,4,9-13H2,1-3H3,(H,19,21)(H,20,23);1H. The van der Waals surface area contributed by atoms with E-state index in [0.29, 0.717) is 18.7 Å². The number of aliphatic imine (C=N–C) groups is 1. The average Bonchev–Trinajstić information content (AvgIpc) is 2.57. The van der Waals surface area contributed by atoms with Crippen molar-refractivity contribution < 1.29 is 4.79 Å². The lowest BCUT2D eigenvalue weighted by Crippen LogP contribution is -2.45. The summed E-state index contributed by atoms with van der Waals surface area (Å²) in [5, 5.41) is 6.23. The lowest BCUT2D eigenvalue weighted by molar-refractivity contribution is 0.0956. The predicted molar refractivity (Wildman–Crippen MR) is 110 cm³/mol. The first-order chi connectivity index (χ1) is 11.1. The summed E-state index contributed by atoms with van der Waals surface area (Å²) in [6.07, 6.45) is 2.45. The third-order valence-corrected chi connectivity index (χ3v) is 4.30. The van der Waals surface area contributed by atoms with Gasteiger partial charge in [0.05, 0.1) is 0 Å². The molecule has 6 heteroatoms. The second kappa shape index (κ2) is 10.5. The number of carbonyl (C=O) groups is 1. The van der Waals surface area contributed by atoms with E-state index in [4.69, 9.17) is 0 Å². The van der Waals surface area contributed by atoms with Crippen LogP contribution >= 0.6 is 24.0 Å². The quantitative estimate of drug-likeness (QED) is 0.427. The second-order valence-electron chi connectivity index (χ2n) is 6.13. The maximum Gasteiger partial charge on any atom is 0.251 e. The van der Waals surface area contributed by atoms with Crippen molar-refractivity contribution in [1.29, 1.82) is 0 Å². The summed E-state index contributed by atoms with van der Waals surface area (Å²) in [6.45, 7) is 7.72. The number of halogens is 1. The van der Waals surface area contributed by atoms with Crippen LogP contribution in [-0.2, 0) is 6.54 Å². The van der Waals surface area contributed by atoms with E-state index in [9.17, 15) is 4.79 Å². The van der Waals surface area contributed by atoms with Crippen molar-refractivity contribution in [3.8, 4) is 0 Å². The van der Waals surface area contributed by atoms with Crippen molar-refractivity contribution in [3.63, 3.8) is 0 Å². The molecule has 0 aliphatic carbocycles. The molecule has 1 heterocycles. The summed E-state index contributed by atoms with van der Waals surface area (Å²) < 4.78 is 0. The molecule has 2 rings (SSSR count). The Kier molecular flexibility index (Phi) is 9.10. The average molecular weight is 444 g/mol. The van der Waals surface area contributed by atoms with Crippen LogP contribution < -0.4 is 10.6 Å². The van der Waals surface area contributed by atoms with Gasteiger partial charge in [-0.2, -0.15) is 0 Å². The molecule has 1 amide bonds. The van der Waals surface area contributed by atoms with Crippen LogP contribution in [0.4, 0.5) is 0 Å². The zero-order chi connectivity index (χ0) is 16.7. The molecule has 0 aromatic heterocycles. The third kappa shape index (κ3) is 5.96. The molecule has 0 spiro atoms. The number of rotatable bonds is 4. The van der Waals surface area contributed by atoms with E-state index in [1.54, 1.807) is 0 Å². The molecule has 1 fully saturated rings. The molecule has 1 aromatic rings. The number of hydrogen-bond acceptors (Lipinski definition) is 2. The molecule has 5 nitrogen and oxygen atoms in total. The summed E-state index contributed by atoms with van der Waals surface area (Å²) in [5.41, 5.74) is 1.84. The van der Waals surface area contributed by atoms with Gasteiger partial charge in [-0.3, -0.25) is 9.79 Å². The minimum atomic E-state index is -0.0229. The van der Waals surface area contributed by atoms with Crippen LogP contribution in [0.3, 0.4) is 0 Å². The molecule has 24 heavy (non-hydrogen) atoms. The second-order valence-corrected chi connectivity index (χ2v) is 6.13. The van der Waals surface area contributed by atoms with Crippen molar-refractivity contribution in [2.45, 2.75) is 33.2 Å². The summed E-state index contributed by atoms with van der Waals surface area (Å²) in [5.74, 6) is 1.75. The minimum Gasteiger partial charge on any atom is -0.352 e. The highest BCUT2D eigenvalue weighted by atomic mass is 127. The molecule has 1 aromatic carbocycles. The number of benzene rings is 1. The molecule has 0 saturated carbocycles. The van der Waals surface area contributed by atoms with Crippen molar-refractivity contribution in [2.75, 3.05) is 26.7 Å². The van der Waals surface area contributed by atoms with Crippen LogP contribution in [0.25, 0.3) is 0 Å². The Labute approximate surface area is 162 Å². The van der Waals surface area contributed by atoms with Crippen LogP contribution in [0.5, 0.6) is 0 Å². The van der Waals surface area contributed by atoms with Gasteiger partial charge in [0.2, 0.25) is 0 Å². The van der Waals surface area contributed by atoms with Gasteiger partial charge in [-0.1, -0.05) is 19.1 Å². The SMILES string of the molecule is CCNC(=O)c1ccc(CNC(=NC)N2CCC(C)CC2)cc1.I. The first kappa shape index (κ1) is 20.7. The number of piperidine rings is 1. The topological polar surface area (TPSA) is 56.7 Å². The van der Waals surface area contributed by atoms with Crippen molar-refractivity contribution in [2.24, 2.45) is 10.9 Å². The summed E-state index contributed by atoms with van der Waals surface area (Å²) in [4.78, 5) is 18.5. The lowest BCUT2D eigenvalue weighted by atomic mass is 9.99. The van der Waals surface area contributed by atoms with Crippen LogP contribution in [0.15, 0.2) is 29.3 Å². The highest BCUT2D eigenvalue weighted by molar-refractivity contribution is 14.0. The predicted octanol–water partition coefficient (Wildman–Crippen LogP) is 2.86. The highest BCUT2D eigenvalue weighted by Gasteiger charge is 2.18. The van der Waals surface area contributed by atoms with Gasteiger partial charge in [-0.05, 0) is 43.4 Å². The van der Waals surface area contributed by atoms with E-state index in [0.717, 1.165) is 30.5 Å².